The second-order valence-corrected chi connectivity index (χ2v) is 11.4. The van der Waals surface area contributed by atoms with Crippen molar-refractivity contribution in [2.24, 2.45) is 7.05 Å². The van der Waals surface area contributed by atoms with Crippen LogP contribution in [0.5, 0.6) is 17.2 Å². The van der Waals surface area contributed by atoms with Crippen molar-refractivity contribution in [1.29, 1.82) is 0 Å². The largest absolute Gasteiger partial charge is 0.491 e. The molecule has 1 saturated carbocycles. The highest BCUT2D eigenvalue weighted by atomic mass is 19.1. The number of carbonyl (C=O) groups excluding carboxylic acids is 1. The van der Waals surface area contributed by atoms with Gasteiger partial charge in [-0.3, -0.25) is 19.3 Å². The first-order chi connectivity index (χ1) is 21.3. The highest BCUT2D eigenvalue weighted by Crippen LogP contribution is 2.49. The van der Waals surface area contributed by atoms with Gasteiger partial charge in [0, 0.05) is 36.5 Å². The number of ether oxygens (including phenoxy) is 3. The molecule has 2 aliphatic rings. The van der Waals surface area contributed by atoms with Gasteiger partial charge in [0.25, 0.3) is 11.5 Å². The molecule has 9 nitrogen and oxygen atoms in total. The summed E-state index contributed by atoms with van der Waals surface area (Å²) >= 11 is 0. The molecule has 1 spiro atoms. The van der Waals surface area contributed by atoms with Gasteiger partial charge in [-0.15, -0.1) is 0 Å². The molecule has 3 aromatic carbocycles. The first-order valence-electron chi connectivity index (χ1n) is 14.6. The minimum Gasteiger partial charge on any atom is -0.491 e. The standard InChI is InChI=1S/C34H31FN4O5/c1-21-31(33(41)39(38(21)2)23-6-4-3-5-7-23)32(40)37-22-8-11-30(27(35)18-22)43-29-13-17-36-28-19-24(9-10-26(28)29)42-20-25-12-14-34(44-25)15-16-34/h3-11,13,17-19,25H,12,14-16,20H2,1-2H3,(H,37,40). The van der Waals surface area contributed by atoms with Crippen molar-refractivity contribution in [2.45, 2.75) is 44.3 Å². The average Bonchev–Trinajstić information content (AvgIpc) is 3.59. The number of rotatable bonds is 8. The molecule has 10 heteroatoms. The van der Waals surface area contributed by atoms with E-state index in [0.717, 1.165) is 31.7 Å². The number of pyridine rings is 1. The molecule has 1 atom stereocenters. The lowest BCUT2D eigenvalue weighted by molar-refractivity contribution is 0.00383. The molecule has 2 aromatic heterocycles. The highest BCUT2D eigenvalue weighted by Gasteiger charge is 2.49. The molecule has 1 saturated heterocycles. The molecule has 7 rings (SSSR count). The van der Waals surface area contributed by atoms with E-state index in [-0.39, 0.29) is 28.7 Å². The Labute approximate surface area is 252 Å². The minimum atomic E-state index is -0.677. The van der Waals surface area contributed by atoms with Crippen LogP contribution in [0.25, 0.3) is 16.6 Å². The summed E-state index contributed by atoms with van der Waals surface area (Å²) in [6, 6.07) is 20.3. The van der Waals surface area contributed by atoms with Crippen LogP contribution in [0.4, 0.5) is 10.1 Å². The Morgan fingerprint density at radius 3 is 2.64 bits per heavy atom. The minimum absolute atomic E-state index is 0.0220. The summed E-state index contributed by atoms with van der Waals surface area (Å²) in [6.07, 6.45) is 6.11. The SMILES string of the molecule is Cc1c(C(=O)Nc2ccc(Oc3ccnc4cc(OCC5CCC6(CC6)O5)ccc34)c(F)c2)c(=O)n(-c2ccccc2)n1C. The van der Waals surface area contributed by atoms with E-state index in [1.54, 1.807) is 43.0 Å². The normalized spacial score (nSPS) is 16.8. The monoisotopic (exact) mass is 594 g/mol. The number of benzene rings is 3. The van der Waals surface area contributed by atoms with E-state index in [4.69, 9.17) is 14.2 Å². The lowest BCUT2D eigenvalue weighted by Crippen LogP contribution is -2.25. The van der Waals surface area contributed by atoms with Crippen LogP contribution >= 0.6 is 0 Å². The summed E-state index contributed by atoms with van der Waals surface area (Å²) in [4.78, 5) is 30.8. The number of anilines is 1. The predicted molar refractivity (Wildman–Crippen MR) is 163 cm³/mol. The molecule has 44 heavy (non-hydrogen) atoms. The van der Waals surface area contributed by atoms with Crippen molar-refractivity contribution >= 4 is 22.5 Å². The smallest absolute Gasteiger partial charge is 0.284 e. The molecule has 1 amide bonds. The van der Waals surface area contributed by atoms with Crippen LogP contribution in [-0.4, -0.2) is 38.6 Å². The molecule has 224 valence electrons. The quantitative estimate of drug-likeness (QED) is 0.226. The number of para-hydroxylation sites is 1. The summed E-state index contributed by atoms with van der Waals surface area (Å²) in [5.74, 6) is -0.225. The van der Waals surface area contributed by atoms with Gasteiger partial charge in [0.1, 0.15) is 23.7 Å². The molecule has 1 aliphatic heterocycles. The van der Waals surface area contributed by atoms with Gasteiger partial charge in [-0.2, -0.15) is 0 Å². The van der Waals surface area contributed by atoms with Gasteiger partial charge in [-0.05, 0) is 75.1 Å². The van der Waals surface area contributed by atoms with E-state index >= 15 is 4.39 Å². The Morgan fingerprint density at radius 2 is 1.89 bits per heavy atom. The molecule has 1 aliphatic carbocycles. The lowest BCUT2D eigenvalue weighted by atomic mass is 10.2. The van der Waals surface area contributed by atoms with E-state index in [1.165, 1.54) is 16.8 Å². The van der Waals surface area contributed by atoms with E-state index in [2.05, 4.69) is 10.3 Å². The summed E-state index contributed by atoms with van der Waals surface area (Å²) in [6.45, 7) is 2.18. The Balaban J connectivity index is 1.05. The molecule has 5 aromatic rings. The Morgan fingerprint density at radius 1 is 1.07 bits per heavy atom. The Kier molecular flexibility index (Phi) is 6.93. The van der Waals surface area contributed by atoms with Crippen LogP contribution < -0.4 is 20.3 Å². The zero-order valence-electron chi connectivity index (χ0n) is 24.4. The Bertz CT molecular complexity index is 1950. The van der Waals surface area contributed by atoms with Crippen LogP contribution in [0.1, 0.15) is 41.7 Å². The number of fused-ring (bicyclic) bond motifs is 1. The van der Waals surface area contributed by atoms with Crippen LogP contribution in [-0.2, 0) is 11.8 Å². The number of hydrogen-bond donors (Lipinski definition) is 1. The predicted octanol–water partition coefficient (Wildman–Crippen LogP) is 6.31. The molecule has 3 heterocycles. The maximum atomic E-state index is 15.2. The van der Waals surface area contributed by atoms with E-state index in [1.807, 2.05) is 36.4 Å². The van der Waals surface area contributed by atoms with Gasteiger partial charge in [-0.1, -0.05) is 18.2 Å². The van der Waals surface area contributed by atoms with Gasteiger partial charge in [0.15, 0.2) is 11.6 Å². The van der Waals surface area contributed by atoms with Crippen LogP contribution in [0, 0.1) is 12.7 Å². The first-order valence-corrected chi connectivity index (χ1v) is 14.6. The maximum absolute atomic E-state index is 15.2. The third-order valence-electron chi connectivity index (χ3n) is 8.45. The van der Waals surface area contributed by atoms with Crippen molar-refractivity contribution in [1.82, 2.24) is 14.3 Å². The number of nitrogens with one attached hydrogen (secondary N) is 1. The van der Waals surface area contributed by atoms with Crippen LogP contribution in [0.3, 0.4) is 0 Å². The van der Waals surface area contributed by atoms with Crippen molar-refractivity contribution < 1.29 is 23.4 Å². The second-order valence-electron chi connectivity index (χ2n) is 11.4. The number of amides is 1. The molecule has 1 unspecified atom stereocenters. The van der Waals surface area contributed by atoms with E-state index in [9.17, 15) is 9.59 Å². The highest BCUT2D eigenvalue weighted by molar-refractivity contribution is 6.05. The van der Waals surface area contributed by atoms with Crippen LogP contribution in [0.2, 0.25) is 0 Å². The molecule has 0 radical (unpaired) electrons. The fourth-order valence-electron chi connectivity index (χ4n) is 5.79. The van der Waals surface area contributed by atoms with E-state index < -0.39 is 17.3 Å². The summed E-state index contributed by atoms with van der Waals surface area (Å²) < 4.78 is 36.3. The summed E-state index contributed by atoms with van der Waals surface area (Å²) in [5.41, 5.74) is 1.58. The van der Waals surface area contributed by atoms with Gasteiger partial charge >= 0.3 is 0 Å². The fraction of sp³-hybridized carbons (Fsp3) is 0.265. The van der Waals surface area contributed by atoms with Gasteiger partial charge < -0.3 is 19.5 Å². The molecule has 1 N–H and O–H groups in total. The first kappa shape index (κ1) is 27.8. The number of hydrogen-bond acceptors (Lipinski definition) is 6. The average molecular weight is 595 g/mol. The number of nitrogens with zero attached hydrogens (tertiary/aromatic N) is 3. The zero-order chi connectivity index (χ0) is 30.4. The van der Waals surface area contributed by atoms with Crippen molar-refractivity contribution in [3.8, 4) is 22.9 Å². The van der Waals surface area contributed by atoms with Crippen molar-refractivity contribution in [3.63, 3.8) is 0 Å². The third kappa shape index (κ3) is 5.22. The van der Waals surface area contributed by atoms with E-state index in [0.29, 0.717) is 40.4 Å². The number of halogens is 1. The molecule has 0 bridgehead atoms. The molecular formula is C34H31FN4O5. The second kappa shape index (κ2) is 10.9. The van der Waals surface area contributed by atoms with Gasteiger partial charge in [-0.25, -0.2) is 9.07 Å². The molecular weight excluding hydrogens is 563 g/mol. The van der Waals surface area contributed by atoms with Gasteiger partial charge in [0.2, 0.25) is 0 Å². The topological polar surface area (TPSA) is 96.6 Å². The third-order valence-corrected chi connectivity index (χ3v) is 8.45. The summed E-state index contributed by atoms with van der Waals surface area (Å²) in [7, 11) is 1.71. The fourth-order valence-corrected chi connectivity index (χ4v) is 5.79. The summed E-state index contributed by atoms with van der Waals surface area (Å²) in [5, 5.41) is 3.34. The number of carbonyl (C=O) groups is 1. The zero-order valence-corrected chi connectivity index (χ0v) is 24.4. The molecule has 2 fully saturated rings. The van der Waals surface area contributed by atoms with Crippen LogP contribution in [0.15, 0.2) is 83.8 Å². The lowest BCUT2D eigenvalue weighted by Gasteiger charge is -2.14. The van der Waals surface area contributed by atoms with Gasteiger partial charge in [0.05, 0.1) is 28.6 Å². The van der Waals surface area contributed by atoms with Crippen molar-refractivity contribution in [2.75, 3.05) is 11.9 Å². The van der Waals surface area contributed by atoms with Crippen molar-refractivity contribution in [3.05, 3.63) is 106 Å². The Hall–Kier alpha value is -4.96. The maximum Gasteiger partial charge on any atom is 0.284 e. The number of aromatic nitrogens is 3.